The summed E-state index contributed by atoms with van der Waals surface area (Å²) in [5.41, 5.74) is -0.545. The number of amides is 1. The van der Waals surface area contributed by atoms with Crippen LogP contribution in [0.3, 0.4) is 0 Å². The topological polar surface area (TPSA) is 73.9 Å². The van der Waals surface area contributed by atoms with Gasteiger partial charge < -0.3 is 19.5 Å². The molecule has 0 atom stereocenters. The van der Waals surface area contributed by atoms with Crippen molar-refractivity contribution in [3.63, 3.8) is 0 Å². The van der Waals surface area contributed by atoms with Gasteiger partial charge in [-0.1, -0.05) is 0 Å². The number of carbonyl (C=O) groups excluding carboxylic acids is 2. The predicted octanol–water partition coefficient (Wildman–Crippen LogP) is 1.05. The number of cyclic esters (lactones) is 2. The molecule has 0 radical (unpaired) electrons. The van der Waals surface area contributed by atoms with E-state index in [1.165, 1.54) is 0 Å². The van der Waals surface area contributed by atoms with Crippen molar-refractivity contribution in [2.45, 2.75) is 32.4 Å². The van der Waals surface area contributed by atoms with Gasteiger partial charge in [-0.3, -0.25) is 0 Å². The standard InChI is InChI=1S/C9H15NO5/c1-9(2,3)15-7(11)10-6-4-13-8(12)14-5-6/h6H,4-5H2,1-3H3,(H,10,11). The molecular weight excluding hydrogens is 202 g/mol. The fraction of sp³-hybridized carbons (Fsp3) is 0.778. The minimum absolute atomic E-state index is 0.109. The SMILES string of the molecule is CC(C)(C)OC(=O)NC1COC(=O)OC1. The van der Waals surface area contributed by atoms with Crippen LogP contribution in [0.1, 0.15) is 20.8 Å². The first kappa shape index (κ1) is 11.6. The van der Waals surface area contributed by atoms with E-state index in [2.05, 4.69) is 14.8 Å². The summed E-state index contributed by atoms with van der Waals surface area (Å²) in [5, 5.41) is 2.53. The van der Waals surface area contributed by atoms with E-state index in [1.54, 1.807) is 20.8 Å². The van der Waals surface area contributed by atoms with Crippen molar-refractivity contribution in [3.8, 4) is 0 Å². The third-order valence-corrected chi connectivity index (χ3v) is 1.53. The first-order valence-corrected chi connectivity index (χ1v) is 4.66. The van der Waals surface area contributed by atoms with Gasteiger partial charge >= 0.3 is 12.2 Å². The summed E-state index contributed by atoms with van der Waals surface area (Å²) >= 11 is 0. The van der Waals surface area contributed by atoms with Crippen molar-refractivity contribution < 1.29 is 23.8 Å². The summed E-state index contributed by atoms with van der Waals surface area (Å²) in [6, 6.07) is -0.349. The lowest BCUT2D eigenvalue weighted by Crippen LogP contribution is -2.47. The van der Waals surface area contributed by atoms with Crippen molar-refractivity contribution in [1.29, 1.82) is 0 Å². The van der Waals surface area contributed by atoms with Crippen LogP contribution in [-0.4, -0.2) is 37.1 Å². The second kappa shape index (κ2) is 4.37. The monoisotopic (exact) mass is 217 g/mol. The summed E-state index contributed by atoms with van der Waals surface area (Å²) in [4.78, 5) is 21.8. The molecule has 0 aromatic rings. The highest BCUT2D eigenvalue weighted by molar-refractivity contribution is 5.68. The Hall–Kier alpha value is -1.46. The van der Waals surface area contributed by atoms with Crippen molar-refractivity contribution in [2.75, 3.05) is 13.2 Å². The van der Waals surface area contributed by atoms with Gasteiger partial charge in [-0.2, -0.15) is 0 Å². The number of hydrogen-bond acceptors (Lipinski definition) is 5. The Labute approximate surface area is 87.9 Å². The third-order valence-electron chi connectivity index (χ3n) is 1.53. The second-order valence-corrected chi connectivity index (χ2v) is 4.22. The van der Waals surface area contributed by atoms with Crippen LogP contribution in [0.2, 0.25) is 0 Å². The van der Waals surface area contributed by atoms with E-state index in [-0.39, 0.29) is 19.3 Å². The highest BCUT2D eigenvalue weighted by Crippen LogP contribution is 2.07. The molecule has 0 spiro atoms. The Morgan fingerprint density at radius 3 is 2.40 bits per heavy atom. The van der Waals surface area contributed by atoms with Crippen LogP contribution in [-0.2, 0) is 14.2 Å². The van der Waals surface area contributed by atoms with Crippen molar-refractivity contribution >= 4 is 12.2 Å². The molecule has 86 valence electrons. The maximum absolute atomic E-state index is 11.3. The van der Waals surface area contributed by atoms with Crippen LogP contribution < -0.4 is 5.32 Å². The normalized spacial score (nSPS) is 17.7. The van der Waals surface area contributed by atoms with Gasteiger partial charge in [0.25, 0.3) is 0 Å². The zero-order valence-electron chi connectivity index (χ0n) is 9.03. The smallest absolute Gasteiger partial charge is 0.444 e. The van der Waals surface area contributed by atoms with Gasteiger partial charge in [0.05, 0.1) is 0 Å². The zero-order chi connectivity index (χ0) is 11.5. The Bertz CT molecular complexity index is 248. The van der Waals surface area contributed by atoms with E-state index in [9.17, 15) is 9.59 Å². The molecule has 1 heterocycles. The molecule has 0 unspecified atom stereocenters. The summed E-state index contributed by atoms with van der Waals surface area (Å²) in [7, 11) is 0. The van der Waals surface area contributed by atoms with Crippen molar-refractivity contribution in [2.24, 2.45) is 0 Å². The lowest BCUT2D eigenvalue weighted by Gasteiger charge is -2.25. The van der Waals surface area contributed by atoms with E-state index < -0.39 is 17.8 Å². The Morgan fingerprint density at radius 2 is 1.93 bits per heavy atom. The highest BCUT2D eigenvalue weighted by Gasteiger charge is 2.24. The molecule has 6 heteroatoms. The first-order valence-electron chi connectivity index (χ1n) is 4.66. The van der Waals surface area contributed by atoms with Gasteiger partial charge in [0.1, 0.15) is 24.9 Å². The maximum atomic E-state index is 11.3. The number of rotatable bonds is 1. The zero-order valence-corrected chi connectivity index (χ0v) is 9.03. The number of alkyl carbamates (subject to hydrolysis) is 1. The molecule has 1 N–H and O–H groups in total. The molecule has 0 bridgehead atoms. The fourth-order valence-corrected chi connectivity index (χ4v) is 0.985. The molecule has 1 aliphatic rings. The Kier molecular flexibility index (Phi) is 3.39. The molecule has 0 aliphatic carbocycles. The number of nitrogens with one attached hydrogen (secondary N) is 1. The molecule has 0 aromatic carbocycles. The van der Waals surface area contributed by atoms with Crippen LogP contribution in [0.15, 0.2) is 0 Å². The lowest BCUT2D eigenvalue weighted by atomic mass is 10.2. The molecule has 0 saturated carbocycles. The van der Waals surface area contributed by atoms with Crippen LogP contribution in [0.4, 0.5) is 9.59 Å². The number of hydrogen-bond donors (Lipinski definition) is 1. The van der Waals surface area contributed by atoms with E-state index in [0.29, 0.717) is 0 Å². The molecule has 1 fully saturated rings. The number of carbonyl (C=O) groups is 2. The van der Waals surface area contributed by atoms with E-state index in [0.717, 1.165) is 0 Å². The van der Waals surface area contributed by atoms with E-state index in [1.807, 2.05) is 0 Å². The molecule has 1 saturated heterocycles. The fourth-order valence-electron chi connectivity index (χ4n) is 0.985. The maximum Gasteiger partial charge on any atom is 0.508 e. The Balaban J connectivity index is 2.29. The average molecular weight is 217 g/mol. The molecule has 1 aliphatic heterocycles. The minimum atomic E-state index is -0.711. The molecule has 1 rings (SSSR count). The molecule has 15 heavy (non-hydrogen) atoms. The van der Waals surface area contributed by atoms with Gasteiger partial charge in [0.15, 0.2) is 0 Å². The molecule has 1 amide bonds. The first-order chi connectivity index (χ1) is 6.87. The van der Waals surface area contributed by atoms with Crippen LogP contribution in [0, 0.1) is 0 Å². The lowest BCUT2D eigenvalue weighted by molar-refractivity contribution is -0.00527. The van der Waals surface area contributed by atoms with Gasteiger partial charge in [-0.05, 0) is 20.8 Å². The number of ether oxygens (including phenoxy) is 3. The summed E-state index contributed by atoms with van der Waals surface area (Å²) in [6.45, 7) is 5.52. The van der Waals surface area contributed by atoms with E-state index in [4.69, 9.17) is 4.74 Å². The quantitative estimate of drug-likeness (QED) is 0.664. The van der Waals surface area contributed by atoms with Crippen molar-refractivity contribution in [3.05, 3.63) is 0 Å². The van der Waals surface area contributed by atoms with Crippen molar-refractivity contribution in [1.82, 2.24) is 5.32 Å². The summed E-state index contributed by atoms with van der Waals surface area (Å²) in [5.74, 6) is 0. The molecular formula is C9H15NO5. The van der Waals surface area contributed by atoms with Gasteiger partial charge in [-0.25, -0.2) is 9.59 Å². The third kappa shape index (κ3) is 4.53. The molecule has 6 nitrogen and oxygen atoms in total. The van der Waals surface area contributed by atoms with E-state index >= 15 is 0 Å². The molecule has 0 aromatic heterocycles. The summed E-state index contributed by atoms with van der Waals surface area (Å²) < 4.78 is 14.2. The van der Waals surface area contributed by atoms with Crippen LogP contribution in [0.25, 0.3) is 0 Å². The predicted molar refractivity (Wildman–Crippen MR) is 50.5 cm³/mol. The van der Waals surface area contributed by atoms with Crippen LogP contribution in [0.5, 0.6) is 0 Å². The van der Waals surface area contributed by atoms with Gasteiger partial charge in [-0.15, -0.1) is 0 Å². The van der Waals surface area contributed by atoms with Crippen LogP contribution >= 0.6 is 0 Å². The largest absolute Gasteiger partial charge is 0.508 e. The Morgan fingerprint density at radius 1 is 1.40 bits per heavy atom. The second-order valence-electron chi connectivity index (χ2n) is 4.22. The van der Waals surface area contributed by atoms with Gasteiger partial charge in [0, 0.05) is 0 Å². The summed E-state index contributed by atoms with van der Waals surface area (Å²) in [6.07, 6.45) is -1.26. The highest BCUT2D eigenvalue weighted by atomic mass is 16.7. The average Bonchev–Trinajstić information content (AvgIpc) is 2.05. The minimum Gasteiger partial charge on any atom is -0.444 e. The van der Waals surface area contributed by atoms with Gasteiger partial charge in [0.2, 0.25) is 0 Å².